The number of rotatable bonds is 3. The van der Waals surface area contributed by atoms with E-state index in [0.29, 0.717) is 5.69 Å². The zero-order chi connectivity index (χ0) is 17.0. The minimum absolute atomic E-state index is 0.0167. The molecule has 0 aliphatic heterocycles. The molecule has 0 bridgehead atoms. The molecule has 0 unspecified atom stereocenters. The van der Waals surface area contributed by atoms with Gasteiger partial charge >= 0.3 is 6.09 Å². The number of hydrogen-bond acceptors (Lipinski definition) is 5. The number of anilines is 2. The summed E-state index contributed by atoms with van der Waals surface area (Å²) in [7, 11) is 0. The molecule has 0 spiro atoms. The lowest BCUT2D eigenvalue weighted by Crippen LogP contribution is -2.27. The first-order valence-corrected chi connectivity index (χ1v) is 6.92. The van der Waals surface area contributed by atoms with Crippen LogP contribution in [0.5, 0.6) is 11.6 Å². The van der Waals surface area contributed by atoms with Gasteiger partial charge in [0.15, 0.2) is 11.6 Å². The van der Waals surface area contributed by atoms with E-state index < -0.39 is 17.5 Å². The number of nitrogens with zero attached hydrogens (tertiary/aromatic N) is 1. The second-order valence-electron chi connectivity index (χ2n) is 5.80. The summed E-state index contributed by atoms with van der Waals surface area (Å²) in [4.78, 5) is 15.6. The maximum atomic E-state index is 14.0. The van der Waals surface area contributed by atoms with Gasteiger partial charge in [-0.1, -0.05) is 0 Å². The maximum Gasteiger partial charge on any atom is 0.412 e. The van der Waals surface area contributed by atoms with Crippen LogP contribution < -0.4 is 15.8 Å². The molecule has 23 heavy (non-hydrogen) atoms. The highest BCUT2D eigenvalue weighted by molar-refractivity contribution is 5.84. The second kappa shape index (κ2) is 6.51. The molecular weight excluding hydrogens is 301 g/mol. The Kier molecular flexibility index (Phi) is 4.68. The van der Waals surface area contributed by atoms with Crippen molar-refractivity contribution in [3.8, 4) is 11.6 Å². The van der Waals surface area contributed by atoms with E-state index in [4.69, 9.17) is 15.2 Å². The lowest BCUT2D eigenvalue weighted by molar-refractivity contribution is 0.0636. The zero-order valence-electron chi connectivity index (χ0n) is 13.1. The topological polar surface area (TPSA) is 86.5 Å². The fourth-order valence-electron chi connectivity index (χ4n) is 1.65. The molecule has 1 aromatic carbocycles. The Morgan fingerprint density at radius 2 is 2.00 bits per heavy atom. The van der Waals surface area contributed by atoms with Gasteiger partial charge in [0.1, 0.15) is 5.60 Å². The quantitative estimate of drug-likeness (QED) is 0.894. The van der Waals surface area contributed by atoms with Crippen LogP contribution in [0.15, 0.2) is 36.5 Å². The number of carbonyl (C=O) groups excluding carboxylic acids is 1. The number of aromatic nitrogens is 1. The minimum atomic E-state index is -0.661. The number of amides is 1. The first-order valence-electron chi connectivity index (χ1n) is 6.92. The molecular formula is C16H18FN3O3. The molecule has 6 nitrogen and oxygen atoms in total. The Labute approximate surface area is 133 Å². The van der Waals surface area contributed by atoms with Gasteiger partial charge in [-0.3, -0.25) is 5.32 Å². The lowest BCUT2D eigenvalue weighted by Gasteiger charge is -2.19. The van der Waals surface area contributed by atoms with E-state index in [2.05, 4.69) is 10.3 Å². The zero-order valence-corrected chi connectivity index (χ0v) is 13.1. The first-order chi connectivity index (χ1) is 10.7. The van der Waals surface area contributed by atoms with Crippen molar-refractivity contribution in [1.29, 1.82) is 0 Å². The molecule has 0 radical (unpaired) electrons. The number of benzene rings is 1. The van der Waals surface area contributed by atoms with Gasteiger partial charge in [0, 0.05) is 17.8 Å². The number of ether oxygens (including phenoxy) is 2. The predicted molar refractivity (Wildman–Crippen MR) is 85.0 cm³/mol. The summed E-state index contributed by atoms with van der Waals surface area (Å²) < 4.78 is 24.4. The van der Waals surface area contributed by atoms with E-state index in [9.17, 15) is 9.18 Å². The number of nitrogen functional groups attached to an aromatic ring is 1. The van der Waals surface area contributed by atoms with Crippen molar-refractivity contribution in [2.45, 2.75) is 26.4 Å². The van der Waals surface area contributed by atoms with E-state index in [1.54, 1.807) is 26.8 Å². The summed E-state index contributed by atoms with van der Waals surface area (Å²) in [6.07, 6.45) is 0.747. The molecule has 2 rings (SSSR count). The van der Waals surface area contributed by atoms with Crippen LogP contribution in [0.1, 0.15) is 20.8 Å². The molecule has 122 valence electrons. The van der Waals surface area contributed by atoms with Crippen molar-refractivity contribution in [3.05, 3.63) is 42.3 Å². The highest BCUT2D eigenvalue weighted by atomic mass is 19.1. The number of nitrogens with one attached hydrogen (secondary N) is 1. The Balaban J connectivity index is 2.05. The molecule has 2 aromatic rings. The normalized spacial score (nSPS) is 11.0. The van der Waals surface area contributed by atoms with Gasteiger partial charge in [-0.15, -0.1) is 0 Å². The summed E-state index contributed by atoms with van der Waals surface area (Å²) in [5.74, 6) is -0.444. The number of hydrogen-bond donors (Lipinski definition) is 2. The number of pyridine rings is 1. The number of nitrogens with two attached hydrogens (primary N) is 1. The van der Waals surface area contributed by atoms with Gasteiger partial charge in [-0.25, -0.2) is 14.2 Å². The van der Waals surface area contributed by atoms with Gasteiger partial charge in [-0.05, 0) is 39.0 Å². The van der Waals surface area contributed by atoms with Crippen molar-refractivity contribution in [2.24, 2.45) is 0 Å². The van der Waals surface area contributed by atoms with Crippen molar-refractivity contribution in [1.82, 2.24) is 4.98 Å². The third-order valence-electron chi connectivity index (χ3n) is 2.55. The molecule has 0 aliphatic rings. The molecule has 3 N–H and O–H groups in total. The summed E-state index contributed by atoms with van der Waals surface area (Å²) in [6.45, 7) is 5.22. The molecule has 1 aromatic heterocycles. The Morgan fingerprint density at radius 1 is 1.26 bits per heavy atom. The Hall–Kier alpha value is -2.83. The fourth-order valence-corrected chi connectivity index (χ4v) is 1.65. The third-order valence-corrected chi connectivity index (χ3v) is 2.55. The highest BCUT2D eigenvalue weighted by Gasteiger charge is 2.17. The molecule has 1 amide bonds. The molecule has 0 saturated carbocycles. The van der Waals surface area contributed by atoms with Gasteiger partial charge in [-0.2, -0.15) is 0 Å². The van der Waals surface area contributed by atoms with Crippen LogP contribution in [-0.2, 0) is 4.74 Å². The van der Waals surface area contributed by atoms with Gasteiger partial charge in [0.2, 0.25) is 5.88 Å². The van der Waals surface area contributed by atoms with Crippen LogP contribution in [0.4, 0.5) is 20.6 Å². The van der Waals surface area contributed by atoms with Crippen LogP contribution in [0.2, 0.25) is 0 Å². The molecule has 0 fully saturated rings. The predicted octanol–water partition coefficient (Wildman–Crippen LogP) is 3.94. The van der Waals surface area contributed by atoms with Crippen LogP contribution in [0, 0.1) is 5.82 Å². The van der Waals surface area contributed by atoms with Crippen LogP contribution in [-0.4, -0.2) is 16.7 Å². The Bertz CT molecular complexity index is 697. The summed E-state index contributed by atoms with van der Waals surface area (Å²) in [5, 5.41) is 2.45. The SMILES string of the molecule is CC(C)(C)OC(=O)Nc1ccc(Oc2ccc(N)cn2)c(F)c1. The van der Waals surface area contributed by atoms with Crippen LogP contribution in [0.25, 0.3) is 0 Å². The summed E-state index contributed by atoms with van der Waals surface area (Å²) in [6, 6.07) is 7.15. The summed E-state index contributed by atoms with van der Waals surface area (Å²) in [5.41, 5.74) is 5.62. The Morgan fingerprint density at radius 3 is 2.57 bits per heavy atom. The van der Waals surface area contributed by atoms with Crippen molar-refractivity contribution < 1.29 is 18.7 Å². The largest absolute Gasteiger partial charge is 0.444 e. The van der Waals surface area contributed by atoms with Gasteiger partial charge < -0.3 is 15.2 Å². The number of halogens is 1. The average molecular weight is 319 g/mol. The molecule has 0 saturated heterocycles. The molecule has 0 atom stereocenters. The lowest BCUT2D eigenvalue weighted by atomic mass is 10.2. The van der Waals surface area contributed by atoms with Gasteiger partial charge in [0.05, 0.1) is 11.9 Å². The maximum absolute atomic E-state index is 14.0. The van der Waals surface area contributed by atoms with Crippen LogP contribution in [0.3, 0.4) is 0 Å². The molecule has 7 heteroatoms. The first kappa shape index (κ1) is 16.5. The van der Waals surface area contributed by atoms with E-state index in [0.717, 1.165) is 6.07 Å². The molecule has 1 heterocycles. The van der Waals surface area contributed by atoms with Gasteiger partial charge in [0.25, 0.3) is 0 Å². The summed E-state index contributed by atoms with van der Waals surface area (Å²) >= 11 is 0. The van der Waals surface area contributed by atoms with E-state index in [-0.39, 0.29) is 17.3 Å². The minimum Gasteiger partial charge on any atom is -0.444 e. The van der Waals surface area contributed by atoms with Crippen molar-refractivity contribution in [3.63, 3.8) is 0 Å². The van der Waals surface area contributed by atoms with Crippen molar-refractivity contribution in [2.75, 3.05) is 11.1 Å². The van der Waals surface area contributed by atoms with Crippen molar-refractivity contribution >= 4 is 17.5 Å². The van der Waals surface area contributed by atoms with E-state index >= 15 is 0 Å². The average Bonchev–Trinajstić information content (AvgIpc) is 2.42. The van der Waals surface area contributed by atoms with Crippen LogP contribution >= 0.6 is 0 Å². The van der Waals surface area contributed by atoms with E-state index in [1.807, 2.05) is 0 Å². The fraction of sp³-hybridized carbons (Fsp3) is 0.250. The monoisotopic (exact) mass is 319 g/mol. The standard InChI is InChI=1S/C16H18FN3O3/c1-16(2,3)23-15(21)20-11-5-6-13(12(17)8-11)22-14-7-4-10(18)9-19-14/h4-9H,18H2,1-3H3,(H,20,21). The second-order valence-corrected chi connectivity index (χ2v) is 5.80. The smallest absolute Gasteiger partial charge is 0.412 e. The third kappa shape index (κ3) is 5.14. The van der Waals surface area contributed by atoms with E-state index in [1.165, 1.54) is 24.4 Å². The number of carbonyl (C=O) groups is 1. The molecule has 0 aliphatic carbocycles. The highest BCUT2D eigenvalue weighted by Crippen LogP contribution is 2.26.